The molecule has 0 atom stereocenters. The van der Waals surface area contributed by atoms with E-state index in [1.54, 1.807) is 13.0 Å². The van der Waals surface area contributed by atoms with Gasteiger partial charge in [-0.2, -0.15) is 5.10 Å². The number of nitrogens with zero attached hydrogens (tertiary/aromatic N) is 1. The third-order valence-electron chi connectivity index (χ3n) is 1.70. The molecule has 0 radical (unpaired) electrons. The van der Waals surface area contributed by atoms with Gasteiger partial charge in [0.25, 0.3) is 5.56 Å². The van der Waals surface area contributed by atoms with E-state index in [4.69, 9.17) is 11.6 Å². The summed E-state index contributed by atoms with van der Waals surface area (Å²) < 4.78 is 0. The third kappa shape index (κ3) is 0.921. The molecule has 0 saturated carbocycles. The lowest BCUT2D eigenvalue weighted by Crippen LogP contribution is -2.05. The Balaban J connectivity index is 3.03. The quantitative estimate of drug-likeness (QED) is 0.604. The fraction of sp³-hybridized carbons (Fsp3) is 0.143. The van der Waals surface area contributed by atoms with Crippen LogP contribution in [0.2, 0.25) is 5.15 Å². The number of rotatable bonds is 0. The topological polar surface area (TPSA) is 61.5 Å². The van der Waals surface area contributed by atoms with Crippen LogP contribution >= 0.6 is 11.6 Å². The Kier molecular flexibility index (Phi) is 1.44. The first-order chi connectivity index (χ1) is 5.68. The van der Waals surface area contributed by atoms with E-state index in [1.807, 2.05) is 0 Å². The van der Waals surface area contributed by atoms with E-state index in [0.717, 1.165) is 5.69 Å². The highest BCUT2D eigenvalue weighted by Gasteiger charge is 2.05. The van der Waals surface area contributed by atoms with Crippen LogP contribution in [0.3, 0.4) is 0 Å². The van der Waals surface area contributed by atoms with Gasteiger partial charge < -0.3 is 4.98 Å². The summed E-state index contributed by atoms with van der Waals surface area (Å²) in [5, 5.41) is 7.50. The summed E-state index contributed by atoms with van der Waals surface area (Å²) in [4.78, 5) is 13.8. The van der Waals surface area contributed by atoms with Gasteiger partial charge in [-0.05, 0) is 6.92 Å². The first-order valence-corrected chi connectivity index (χ1v) is 3.80. The fourth-order valence-electron chi connectivity index (χ4n) is 1.17. The second kappa shape index (κ2) is 2.35. The maximum absolute atomic E-state index is 11.3. The molecule has 0 saturated heterocycles. The van der Waals surface area contributed by atoms with Crippen molar-refractivity contribution >= 4 is 22.5 Å². The van der Waals surface area contributed by atoms with Gasteiger partial charge in [-0.3, -0.25) is 9.89 Å². The van der Waals surface area contributed by atoms with Gasteiger partial charge in [-0.25, -0.2) is 0 Å². The van der Waals surface area contributed by atoms with Gasteiger partial charge in [0.1, 0.15) is 10.7 Å². The molecular weight excluding hydrogens is 178 g/mol. The predicted molar refractivity (Wildman–Crippen MR) is 46.5 cm³/mol. The molecule has 0 spiro atoms. The Morgan fingerprint density at radius 3 is 3.08 bits per heavy atom. The normalized spacial score (nSPS) is 10.8. The molecule has 2 N–H and O–H groups in total. The zero-order valence-electron chi connectivity index (χ0n) is 6.31. The van der Waals surface area contributed by atoms with Crippen molar-refractivity contribution in [1.29, 1.82) is 0 Å². The minimum absolute atomic E-state index is 0.205. The molecular formula is C7H6ClN3O. The number of aromatic nitrogens is 3. The Bertz CT molecular complexity index is 485. The van der Waals surface area contributed by atoms with Crippen LogP contribution in [0.15, 0.2) is 10.9 Å². The van der Waals surface area contributed by atoms with Crippen molar-refractivity contribution in [3.8, 4) is 0 Å². The minimum Gasteiger partial charge on any atom is -0.312 e. The molecule has 0 amide bonds. The first kappa shape index (κ1) is 7.36. The summed E-state index contributed by atoms with van der Waals surface area (Å²) >= 11 is 5.62. The van der Waals surface area contributed by atoms with E-state index in [0.29, 0.717) is 16.1 Å². The second-order valence-corrected chi connectivity index (χ2v) is 2.96. The number of aryl methyl sites for hydroxylation is 1. The number of H-pyrrole nitrogens is 2. The molecule has 2 rings (SSSR count). The molecule has 62 valence electrons. The maximum atomic E-state index is 11.3. The van der Waals surface area contributed by atoms with Gasteiger partial charge >= 0.3 is 0 Å². The highest BCUT2D eigenvalue weighted by atomic mass is 35.5. The van der Waals surface area contributed by atoms with E-state index in [1.165, 1.54) is 0 Å². The number of pyridine rings is 1. The Labute approximate surface area is 72.6 Å². The zero-order valence-corrected chi connectivity index (χ0v) is 7.07. The summed E-state index contributed by atoms with van der Waals surface area (Å²) in [5.41, 5.74) is 1.15. The number of halogens is 1. The molecule has 4 nitrogen and oxygen atoms in total. The van der Waals surface area contributed by atoms with Crippen LogP contribution in [-0.2, 0) is 0 Å². The summed E-state index contributed by atoms with van der Waals surface area (Å²) in [6.07, 6.45) is 0. The van der Waals surface area contributed by atoms with Crippen molar-refractivity contribution in [2.75, 3.05) is 0 Å². The third-order valence-corrected chi connectivity index (χ3v) is 1.90. The highest BCUT2D eigenvalue weighted by molar-refractivity contribution is 6.29. The number of aromatic amines is 2. The molecule has 12 heavy (non-hydrogen) atoms. The largest absolute Gasteiger partial charge is 0.312 e. The highest BCUT2D eigenvalue weighted by Crippen LogP contribution is 2.12. The van der Waals surface area contributed by atoms with Gasteiger partial charge in [-0.1, -0.05) is 11.6 Å². The van der Waals surface area contributed by atoms with Crippen molar-refractivity contribution in [3.63, 3.8) is 0 Å². The van der Waals surface area contributed by atoms with Gasteiger partial charge in [-0.15, -0.1) is 0 Å². The average molecular weight is 184 g/mol. The van der Waals surface area contributed by atoms with Gasteiger partial charge in [0.15, 0.2) is 0 Å². The van der Waals surface area contributed by atoms with E-state index in [-0.39, 0.29) is 5.56 Å². The summed E-state index contributed by atoms with van der Waals surface area (Å²) in [6.45, 7) is 1.79. The van der Waals surface area contributed by atoms with Gasteiger partial charge in [0.2, 0.25) is 0 Å². The second-order valence-electron chi connectivity index (χ2n) is 2.56. The van der Waals surface area contributed by atoms with Crippen LogP contribution in [0.25, 0.3) is 10.9 Å². The van der Waals surface area contributed by atoms with Gasteiger partial charge in [0.05, 0.1) is 5.39 Å². The standard InChI is InChI=1S/C7H6ClN3O/c1-3-6-4(11-10-3)2-5(8)9-7(6)12/h2H,1H3,(H,9,12)(H,10,11). The van der Waals surface area contributed by atoms with Crippen LogP contribution in [0.4, 0.5) is 0 Å². The lowest BCUT2D eigenvalue weighted by molar-refractivity contribution is 1.07. The Morgan fingerprint density at radius 2 is 2.33 bits per heavy atom. The number of hydrogen-bond acceptors (Lipinski definition) is 2. The average Bonchev–Trinajstić information content (AvgIpc) is 2.31. The molecule has 0 aliphatic rings. The van der Waals surface area contributed by atoms with Gasteiger partial charge in [0, 0.05) is 11.8 Å². The lowest BCUT2D eigenvalue weighted by atomic mass is 10.3. The van der Waals surface area contributed by atoms with Crippen LogP contribution in [-0.4, -0.2) is 15.2 Å². The van der Waals surface area contributed by atoms with Crippen molar-refractivity contribution in [2.45, 2.75) is 6.92 Å². The molecule has 0 aliphatic heterocycles. The molecule has 0 unspecified atom stereocenters. The SMILES string of the molecule is Cc1[nH]nc2cc(Cl)[nH]c(=O)c12. The van der Waals surface area contributed by atoms with Crippen LogP contribution < -0.4 is 5.56 Å². The Morgan fingerprint density at radius 1 is 1.58 bits per heavy atom. The Hall–Kier alpha value is -1.29. The molecule has 2 aromatic heterocycles. The first-order valence-electron chi connectivity index (χ1n) is 3.42. The predicted octanol–water partition coefficient (Wildman–Crippen LogP) is 1.21. The fourth-order valence-corrected chi connectivity index (χ4v) is 1.36. The monoisotopic (exact) mass is 183 g/mol. The molecule has 0 bridgehead atoms. The summed E-state index contributed by atoms with van der Waals surface area (Å²) in [6, 6.07) is 1.61. The van der Waals surface area contributed by atoms with Crippen LogP contribution in [0.1, 0.15) is 5.69 Å². The number of hydrogen-bond donors (Lipinski definition) is 2. The number of fused-ring (bicyclic) bond motifs is 1. The maximum Gasteiger partial charge on any atom is 0.260 e. The molecule has 2 aromatic rings. The van der Waals surface area contributed by atoms with E-state index >= 15 is 0 Å². The van der Waals surface area contributed by atoms with Crippen LogP contribution in [0, 0.1) is 6.92 Å². The minimum atomic E-state index is -0.205. The van der Waals surface area contributed by atoms with Crippen molar-refractivity contribution < 1.29 is 0 Å². The van der Waals surface area contributed by atoms with Crippen molar-refractivity contribution in [1.82, 2.24) is 15.2 Å². The molecule has 2 heterocycles. The molecule has 5 heteroatoms. The lowest BCUT2D eigenvalue weighted by Gasteiger charge is -1.89. The van der Waals surface area contributed by atoms with Crippen molar-refractivity contribution in [3.05, 3.63) is 27.3 Å². The van der Waals surface area contributed by atoms with E-state index < -0.39 is 0 Å². The van der Waals surface area contributed by atoms with E-state index in [9.17, 15) is 4.79 Å². The molecule has 0 aliphatic carbocycles. The van der Waals surface area contributed by atoms with E-state index in [2.05, 4.69) is 15.2 Å². The molecule has 0 fully saturated rings. The van der Waals surface area contributed by atoms with Crippen LogP contribution in [0.5, 0.6) is 0 Å². The van der Waals surface area contributed by atoms with Crippen molar-refractivity contribution in [2.24, 2.45) is 0 Å². The summed E-state index contributed by atoms with van der Waals surface area (Å²) in [7, 11) is 0. The smallest absolute Gasteiger partial charge is 0.260 e. The number of nitrogens with one attached hydrogen (secondary N) is 2. The summed E-state index contributed by atoms with van der Waals surface area (Å²) in [5.74, 6) is 0. The zero-order chi connectivity index (χ0) is 8.72. The molecule has 0 aromatic carbocycles.